The summed E-state index contributed by atoms with van der Waals surface area (Å²) in [5.74, 6) is -0.395. The number of aromatic nitrogens is 1. The molecule has 134 valence electrons. The first-order valence-corrected chi connectivity index (χ1v) is 8.83. The van der Waals surface area contributed by atoms with Gasteiger partial charge in [-0.25, -0.2) is 0 Å². The summed E-state index contributed by atoms with van der Waals surface area (Å²) >= 11 is 7.15. The molecule has 9 heteroatoms. The molecule has 25 heavy (non-hydrogen) atoms. The van der Waals surface area contributed by atoms with Crippen LogP contribution in [-0.4, -0.2) is 21.9 Å². The van der Waals surface area contributed by atoms with Crippen LogP contribution >= 0.6 is 22.9 Å². The Morgan fingerprint density at radius 3 is 2.80 bits per heavy atom. The number of nitrogens with zero attached hydrogens (tertiary/aromatic N) is 2. The molecule has 1 fully saturated rings. The Bertz CT molecular complexity index is 833. The first-order valence-electron chi connectivity index (χ1n) is 7.57. The van der Waals surface area contributed by atoms with Gasteiger partial charge in [0, 0.05) is 17.6 Å². The molecule has 2 aromatic heterocycles. The number of rotatable bonds is 3. The van der Waals surface area contributed by atoms with Gasteiger partial charge in [0.15, 0.2) is 0 Å². The predicted molar refractivity (Wildman–Crippen MR) is 88.7 cm³/mol. The summed E-state index contributed by atoms with van der Waals surface area (Å²) in [6, 6.07) is 4.30. The number of alkyl halides is 3. The van der Waals surface area contributed by atoms with Crippen molar-refractivity contribution in [3.8, 4) is 0 Å². The van der Waals surface area contributed by atoms with Crippen molar-refractivity contribution < 1.29 is 18.0 Å². The second-order valence-electron chi connectivity index (χ2n) is 5.77. The minimum atomic E-state index is -4.64. The zero-order valence-electron chi connectivity index (χ0n) is 12.9. The Kier molecular flexibility index (Phi) is 4.92. The number of carbonyl (C=O) groups excluding carboxylic acids is 1. The first-order chi connectivity index (χ1) is 11.8. The molecule has 1 aliphatic rings. The normalized spacial score (nSPS) is 17.9. The Balaban J connectivity index is 1.86. The maximum atomic E-state index is 12.9. The fraction of sp³-hybridized carbons (Fsp3) is 0.375. The molecule has 1 saturated heterocycles. The molecule has 1 unspecified atom stereocenters. The standard InChI is InChI=1S/C16H14ClF3N2O2S/c17-11-7-10(16(18,19)20)8-21(15(11)24)9-14(23)22-5-1-3-12(22)13-4-2-6-25-13/h2,4,6-8,12H,1,3,5,9H2. The second-order valence-corrected chi connectivity index (χ2v) is 7.15. The molecule has 0 aliphatic carbocycles. The maximum absolute atomic E-state index is 12.9. The number of amides is 1. The van der Waals surface area contributed by atoms with Gasteiger partial charge in [0.2, 0.25) is 5.91 Å². The highest BCUT2D eigenvalue weighted by atomic mass is 35.5. The zero-order valence-corrected chi connectivity index (χ0v) is 14.5. The lowest BCUT2D eigenvalue weighted by Crippen LogP contribution is -2.36. The average molecular weight is 391 g/mol. The molecule has 0 bridgehead atoms. The Morgan fingerprint density at radius 2 is 2.16 bits per heavy atom. The van der Waals surface area contributed by atoms with Crippen LogP contribution in [0.25, 0.3) is 0 Å². The summed E-state index contributed by atoms with van der Waals surface area (Å²) < 4.78 is 39.4. The minimum absolute atomic E-state index is 0.0931. The van der Waals surface area contributed by atoms with Gasteiger partial charge >= 0.3 is 6.18 Å². The lowest BCUT2D eigenvalue weighted by molar-refractivity contribution is -0.139. The average Bonchev–Trinajstić information content (AvgIpc) is 3.20. The van der Waals surface area contributed by atoms with Crippen molar-refractivity contribution in [1.29, 1.82) is 0 Å². The van der Waals surface area contributed by atoms with E-state index in [1.165, 1.54) is 11.3 Å². The van der Waals surface area contributed by atoms with E-state index in [2.05, 4.69) is 0 Å². The van der Waals surface area contributed by atoms with E-state index in [1.807, 2.05) is 17.5 Å². The maximum Gasteiger partial charge on any atom is 0.417 e. The largest absolute Gasteiger partial charge is 0.417 e. The molecule has 0 N–H and O–H groups in total. The topological polar surface area (TPSA) is 42.3 Å². The van der Waals surface area contributed by atoms with E-state index < -0.39 is 34.8 Å². The third-order valence-electron chi connectivity index (χ3n) is 4.12. The Morgan fingerprint density at radius 1 is 1.40 bits per heavy atom. The number of hydrogen-bond acceptors (Lipinski definition) is 3. The number of hydrogen-bond donors (Lipinski definition) is 0. The Hall–Kier alpha value is -1.80. The molecule has 3 rings (SSSR count). The molecule has 0 spiro atoms. The van der Waals surface area contributed by atoms with Gasteiger partial charge in [-0.3, -0.25) is 9.59 Å². The molecule has 0 saturated carbocycles. The van der Waals surface area contributed by atoms with Crippen LogP contribution < -0.4 is 5.56 Å². The second kappa shape index (κ2) is 6.84. The van der Waals surface area contributed by atoms with Crippen LogP contribution in [0.3, 0.4) is 0 Å². The lowest BCUT2D eigenvalue weighted by Gasteiger charge is -2.24. The minimum Gasteiger partial charge on any atom is -0.333 e. The third kappa shape index (κ3) is 3.74. The number of halogens is 4. The van der Waals surface area contributed by atoms with Crippen molar-refractivity contribution in [3.05, 3.63) is 55.6 Å². The van der Waals surface area contributed by atoms with E-state index in [4.69, 9.17) is 11.6 Å². The molecule has 1 amide bonds. The van der Waals surface area contributed by atoms with Gasteiger partial charge in [0.1, 0.15) is 11.6 Å². The van der Waals surface area contributed by atoms with Crippen molar-refractivity contribution in [1.82, 2.24) is 9.47 Å². The van der Waals surface area contributed by atoms with E-state index >= 15 is 0 Å². The van der Waals surface area contributed by atoms with Crippen LogP contribution in [0.2, 0.25) is 5.02 Å². The van der Waals surface area contributed by atoms with Gasteiger partial charge in [-0.2, -0.15) is 13.2 Å². The highest BCUT2D eigenvalue weighted by Gasteiger charge is 2.34. The number of thiophene rings is 1. The summed E-state index contributed by atoms with van der Waals surface area (Å²) in [6.07, 6.45) is -2.39. The van der Waals surface area contributed by atoms with Crippen molar-refractivity contribution in [2.24, 2.45) is 0 Å². The summed E-state index contributed by atoms with van der Waals surface area (Å²) in [5, 5.41) is 1.35. The molecule has 1 aliphatic heterocycles. The van der Waals surface area contributed by atoms with Crippen molar-refractivity contribution in [2.75, 3.05) is 6.54 Å². The molecule has 0 aromatic carbocycles. The van der Waals surface area contributed by atoms with Gasteiger partial charge in [-0.05, 0) is 30.4 Å². The molecule has 4 nitrogen and oxygen atoms in total. The Labute approximate surface area is 150 Å². The van der Waals surface area contributed by atoms with E-state index in [0.717, 1.165) is 22.3 Å². The van der Waals surface area contributed by atoms with Crippen LogP contribution in [0.4, 0.5) is 13.2 Å². The smallest absolute Gasteiger partial charge is 0.333 e. The van der Waals surface area contributed by atoms with Gasteiger partial charge in [0.05, 0.1) is 11.6 Å². The van der Waals surface area contributed by atoms with Gasteiger partial charge in [-0.15, -0.1) is 11.3 Å². The van der Waals surface area contributed by atoms with Crippen LogP contribution in [0.15, 0.2) is 34.6 Å². The molecule has 3 heterocycles. The highest BCUT2D eigenvalue weighted by Crippen LogP contribution is 2.35. The highest BCUT2D eigenvalue weighted by molar-refractivity contribution is 7.10. The summed E-state index contributed by atoms with van der Waals surface area (Å²) in [5.41, 5.74) is -1.86. The molecule has 1 atom stereocenters. The van der Waals surface area contributed by atoms with E-state index in [9.17, 15) is 22.8 Å². The summed E-state index contributed by atoms with van der Waals surface area (Å²) in [4.78, 5) is 27.2. The quantitative estimate of drug-likeness (QED) is 0.796. The molecule has 2 aromatic rings. The number of carbonyl (C=O) groups is 1. The molecule has 0 radical (unpaired) electrons. The van der Waals surface area contributed by atoms with E-state index in [-0.39, 0.29) is 6.04 Å². The van der Waals surface area contributed by atoms with Crippen LogP contribution in [0.5, 0.6) is 0 Å². The van der Waals surface area contributed by atoms with Crippen LogP contribution in [-0.2, 0) is 17.5 Å². The summed E-state index contributed by atoms with van der Waals surface area (Å²) in [7, 11) is 0. The molecular formula is C16H14ClF3N2O2S. The third-order valence-corrected chi connectivity index (χ3v) is 5.36. The van der Waals surface area contributed by atoms with Crippen LogP contribution in [0.1, 0.15) is 29.3 Å². The summed E-state index contributed by atoms with van der Waals surface area (Å²) in [6.45, 7) is 0.0488. The SMILES string of the molecule is O=C(Cn1cc(C(F)(F)F)cc(Cl)c1=O)N1CCCC1c1cccs1. The van der Waals surface area contributed by atoms with Gasteiger partial charge in [-0.1, -0.05) is 17.7 Å². The van der Waals surface area contributed by atoms with Crippen LogP contribution in [0, 0.1) is 0 Å². The van der Waals surface area contributed by atoms with Gasteiger partial charge in [0.25, 0.3) is 5.56 Å². The fourth-order valence-corrected chi connectivity index (χ4v) is 4.05. The first kappa shape index (κ1) is 18.0. The fourth-order valence-electron chi connectivity index (χ4n) is 2.95. The molecular weight excluding hydrogens is 377 g/mol. The van der Waals surface area contributed by atoms with Crippen molar-refractivity contribution in [3.63, 3.8) is 0 Å². The van der Waals surface area contributed by atoms with Crippen molar-refractivity contribution >= 4 is 28.8 Å². The zero-order chi connectivity index (χ0) is 18.2. The number of likely N-dealkylation sites (tertiary alicyclic amines) is 1. The lowest BCUT2D eigenvalue weighted by atomic mass is 10.2. The van der Waals surface area contributed by atoms with E-state index in [0.29, 0.717) is 18.8 Å². The predicted octanol–water partition coefficient (Wildman–Crippen LogP) is 3.95. The van der Waals surface area contributed by atoms with Crippen molar-refractivity contribution in [2.45, 2.75) is 31.6 Å². The van der Waals surface area contributed by atoms with E-state index in [1.54, 1.807) is 4.90 Å². The monoisotopic (exact) mass is 390 g/mol. The van der Waals surface area contributed by atoms with Gasteiger partial charge < -0.3 is 9.47 Å². The number of pyridine rings is 1.